The number of amides is 1. The highest BCUT2D eigenvalue weighted by Gasteiger charge is 2.36. The van der Waals surface area contributed by atoms with Crippen LogP contribution in [0.1, 0.15) is 18.6 Å². The zero-order valence-corrected chi connectivity index (χ0v) is 11.9. The van der Waals surface area contributed by atoms with Crippen LogP contribution < -0.4 is 0 Å². The van der Waals surface area contributed by atoms with Crippen molar-refractivity contribution in [1.29, 1.82) is 0 Å². The molecule has 1 N–H and O–H groups in total. The Morgan fingerprint density at radius 3 is 2.76 bits per heavy atom. The molecule has 0 aromatic carbocycles. The van der Waals surface area contributed by atoms with Gasteiger partial charge < -0.3 is 23.9 Å². The number of hydrogen-bond acceptors (Lipinski definition) is 5. The fourth-order valence-corrected chi connectivity index (χ4v) is 2.26. The molecule has 0 unspecified atom stereocenters. The van der Waals surface area contributed by atoms with Crippen LogP contribution in [0.4, 0.5) is 0 Å². The van der Waals surface area contributed by atoms with Gasteiger partial charge in [-0.15, -0.1) is 0 Å². The minimum atomic E-state index is -1.03. The van der Waals surface area contributed by atoms with Crippen molar-refractivity contribution in [3.05, 3.63) is 24.2 Å². The van der Waals surface area contributed by atoms with Crippen LogP contribution in [0.15, 0.2) is 22.8 Å². The Hall–Kier alpha value is -1.86. The molecular weight excluding hydrogens is 278 g/mol. The fourth-order valence-electron chi connectivity index (χ4n) is 2.26. The van der Waals surface area contributed by atoms with E-state index in [2.05, 4.69) is 0 Å². The smallest absolute Gasteiger partial charge is 0.332 e. The lowest BCUT2D eigenvalue weighted by molar-refractivity contribution is -0.155. The molecule has 1 aromatic rings. The van der Waals surface area contributed by atoms with Gasteiger partial charge in [-0.1, -0.05) is 0 Å². The molecule has 1 amide bonds. The number of carboxylic acids is 1. The van der Waals surface area contributed by atoms with Gasteiger partial charge in [-0.3, -0.25) is 4.79 Å². The first-order chi connectivity index (χ1) is 10.1. The average Bonchev–Trinajstić information content (AvgIpc) is 3.13. The summed E-state index contributed by atoms with van der Waals surface area (Å²) in [6, 6.07) is 3.53. The van der Waals surface area contributed by atoms with Crippen molar-refractivity contribution in [2.75, 3.05) is 20.3 Å². The van der Waals surface area contributed by atoms with E-state index in [0.29, 0.717) is 38.3 Å². The second kappa shape index (κ2) is 7.24. The van der Waals surface area contributed by atoms with Crippen molar-refractivity contribution < 1.29 is 28.6 Å². The minimum Gasteiger partial charge on any atom is -0.479 e. The summed E-state index contributed by atoms with van der Waals surface area (Å²) in [4.78, 5) is 24.9. The van der Waals surface area contributed by atoms with Crippen LogP contribution in [0.3, 0.4) is 0 Å². The largest absolute Gasteiger partial charge is 0.479 e. The van der Waals surface area contributed by atoms with Gasteiger partial charge in [0.2, 0.25) is 0 Å². The highest BCUT2D eigenvalue weighted by Crippen LogP contribution is 2.22. The molecule has 116 valence electrons. The number of rotatable bonds is 7. The van der Waals surface area contributed by atoms with Crippen LogP contribution in [0, 0.1) is 0 Å². The van der Waals surface area contributed by atoms with Crippen LogP contribution in [0.25, 0.3) is 0 Å². The fraction of sp³-hybridized carbons (Fsp3) is 0.571. The molecule has 7 heteroatoms. The molecule has 1 fully saturated rings. The minimum absolute atomic E-state index is 0.229. The number of furan rings is 1. The Kier molecular flexibility index (Phi) is 5.35. The van der Waals surface area contributed by atoms with E-state index in [0.717, 1.165) is 0 Å². The van der Waals surface area contributed by atoms with Gasteiger partial charge in [-0.05, 0) is 25.0 Å². The molecule has 2 heterocycles. The monoisotopic (exact) mass is 297 g/mol. The van der Waals surface area contributed by atoms with E-state index >= 15 is 0 Å². The third-order valence-electron chi connectivity index (χ3n) is 3.37. The van der Waals surface area contributed by atoms with Crippen molar-refractivity contribution in [3.63, 3.8) is 0 Å². The average molecular weight is 297 g/mol. The molecule has 0 aliphatic carbocycles. The standard InChI is InChI=1S/C14H19NO6/c1-19-8-6-15(9-10-3-2-7-20-10)13(16)11-4-5-12(21-11)14(17)18/h2-3,7,11-12H,4-6,8-9H2,1H3,(H,17,18)/t11-,12+/m0/s1. The predicted octanol–water partition coefficient (Wildman–Crippen LogP) is 0.887. The van der Waals surface area contributed by atoms with Crippen LogP contribution in [0.5, 0.6) is 0 Å². The van der Waals surface area contributed by atoms with Gasteiger partial charge in [0.15, 0.2) is 6.10 Å². The molecule has 2 atom stereocenters. The van der Waals surface area contributed by atoms with Gasteiger partial charge in [0.1, 0.15) is 11.9 Å². The molecule has 0 saturated carbocycles. The Morgan fingerprint density at radius 1 is 1.43 bits per heavy atom. The first-order valence-electron chi connectivity index (χ1n) is 6.80. The molecule has 1 aliphatic heterocycles. The van der Waals surface area contributed by atoms with E-state index in [1.54, 1.807) is 30.4 Å². The molecular formula is C14H19NO6. The molecule has 0 spiro atoms. The molecule has 7 nitrogen and oxygen atoms in total. The summed E-state index contributed by atoms with van der Waals surface area (Å²) in [5.41, 5.74) is 0. The number of methoxy groups -OCH3 is 1. The zero-order valence-electron chi connectivity index (χ0n) is 11.9. The number of carbonyl (C=O) groups is 2. The zero-order chi connectivity index (χ0) is 15.2. The number of aliphatic carboxylic acids is 1. The lowest BCUT2D eigenvalue weighted by Crippen LogP contribution is -2.41. The van der Waals surface area contributed by atoms with Crippen molar-refractivity contribution in [2.24, 2.45) is 0 Å². The summed E-state index contributed by atoms with van der Waals surface area (Å²) >= 11 is 0. The first-order valence-corrected chi connectivity index (χ1v) is 6.80. The van der Waals surface area contributed by atoms with E-state index in [9.17, 15) is 9.59 Å². The normalized spacial score (nSPS) is 21.4. The van der Waals surface area contributed by atoms with Crippen LogP contribution in [0.2, 0.25) is 0 Å². The number of ether oxygens (including phenoxy) is 2. The Morgan fingerprint density at radius 2 is 2.19 bits per heavy atom. The molecule has 0 bridgehead atoms. The number of carbonyl (C=O) groups excluding carboxylic acids is 1. The van der Waals surface area contributed by atoms with Crippen molar-refractivity contribution in [3.8, 4) is 0 Å². The Bertz CT molecular complexity index is 472. The van der Waals surface area contributed by atoms with Gasteiger partial charge in [-0.2, -0.15) is 0 Å². The van der Waals surface area contributed by atoms with Gasteiger partial charge in [0.25, 0.3) is 5.91 Å². The lowest BCUT2D eigenvalue weighted by Gasteiger charge is -2.24. The van der Waals surface area contributed by atoms with Gasteiger partial charge in [0.05, 0.1) is 19.4 Å². The van der Waals surface area contributed by atoms with Gasteiger partial charge in [-0.25, -0.2) is 4.79 Å². The van der Waals surface area contributed by atoms with Crippen LogP contribution in [-0.2, 0) is 25.6 Å². The second-order valence-corrected chi connectivity index (χ2v) is 4.86. The maximum absolute atomic E-state index is 12.5. The van der Waals surface area contributed by atoms with E-state index in [1.165, 1.54) is 0 Å². The third-order valence-corrected chi connectivity index (χ3v) is 3.37. The molecule has 1 aliphatic rings. The van der Waals surface area contributed by atoms with Gasteiger partial charge in [0, 0.05) is 13.7 Å². The molecule has 1 saturated heterocycles. The molecule has 21 heavy (non-hydrogen) atoms. The maximum Gasteiger partial charge on any atom is 0.332 e. The van der Waals surface area contributed by atoms with E-state index < -0.39 is 18.2 Å². The second-order valence-electron chi connectivity index (χ2n) is 4.86. The molecule has 0 radical (unpaired) electrons. The molecule has 1 aromatic heterocycles. The van der Waals surface area contributed by atoms with Crippen molar-refractivity contribution >= 4 is 11.9 Å². The first kappa shape index (κ1) is 15.5. The van der Waals surface area contributed by atoms with Crippen LogP contribution in [-0.4, -0.2) is 54.4 Å². The summed E-state index contributed by atoms with van der Waals surface area (Å²) in [5.74, 6) is -0.598. The summed E-state index contributed by atoms with van der Waals surface area (Å²) < 4.78 is 15.6. The Balaban J connectivity index is 1.98. The van der Waals surface area contributed by atoms with Crippen molar-refractivity contribution in [1.82, 2.24) is 4.90 Å². The SMILES string of the molecule is COCCN(Cc1ccco1)C(=O)[C@@H]1CC[C@H](C(=O)O)O1. The summed E-state index contributed by atoms with van der Waals surface area (Å²) in [5, 5.41) is 8.92. The number of hydrogen-bond donors (Lipinski definition) is 1. The topological polar surface area (TPSA) is 89.2 Å². The van der Waals surface area contributed by atoms with E-state index in [1.807, 2.05) is 0 Å². The lowest BCUT2D eigenvalue weighted by atomic mass is 10.1. The van der Waals surface area contributed by atoms with Gasteiger partial charge >= 0.3 is 5.97 Å². The molecule has 2 rings (SSSR count). The van der Waals surface area contributed by atoms with E-state index in [-0.39, 0.29) is 5.91 Å². The number of carboxylic acid groups (broad SMARTS) is 1. The Labute approximate surface area is 122 Å². The summed E-state index contributed by atoms with van der Waals surface area (Å²) in [7, 11) is 1.56. The predicted molar refractivity (Wildman–Crippen MR) is 71.5 cm³/mol. The highest BCUT2D eigenvalue weighted by atomic mass is 16.5. The third kappa shape index (κ3) is 4.05. The quantitative estimate of drug-likeness (QED) is 0.804. The van der Waals surface area contributed by atoms with Crippen LogP contribution >= 0.6 is 0 Å². The number of nitrogens with zero attached hydrogens (tertiary/aromatic N) is 1. The summed E-state index contributed by atoms with van der Waals surface area (Å²) in [6.07, 6.45) is 0.702. The highest BCUT2D eigenvalue weighted by molar-refractivity contribution is 5.82. The maximum atomic E-state index is 12.5. The summed E-state index contributed by atoms with van der Waals surface area (Å²) in [6.45, 7) is 1.10. The van der Waals surface area contributed by atoms with Crippen molar-refractivity contribution in [2.45, 2.75) is 31.6 Å². The van der Waals surface area contributed by atoms with E-state index in [4.69, 9.17) is 19.0 Å².